The fourth-order valence-electron chi connectivity index (χ4n) is 1.63. The minimum Gasteiger partial charge on any atom is -0.490 e. The predicted octanol–water partition coefficient (Wildman–Crippen LogP) is 4.02. The van der Waals surface area contributed by atoms with Gasteiger partial charge in [-0.05, 0) is 44.4 Å². The van der Waals surface area contributed by atoms with Crippen LogP contribution in [0.25, 0.3) is 0 Å². The van der Waals surface area contributed by atoms with Gasteiger partial charge in [-0.25, -0.2) is 0 Å². The number of ether oxygens (including phenoxy) is 2. The molecule has 0 fully saturated rings. The van der Waals surface area contributed by atoms with E-state index in [1.165, 1.54) is 0 Å². The summed E-state index contributed by atoms with van der Waals surface area (Å²) in [7, 11) is 0. The van der Waals surface area contributed by atoms with Gasteiger partial charge in [-0.2, -0.15) is 0 Å². The molecule has 0 spiro atoms. The topological polar surface area (TPSA) is 38.7 Å². The molecule has 0 amide bonds. The molecule has 0 unspecified atom stereocenters. The molecule has 0 saturated heterocycles. The molecule has 0 bridgehead atoms. The van der Waals surface area contributed by atoms with Crippen molar-refractivity contribution in [3.63, 3.8) is 0 Å². The van der Waals surface area contributed by atoms with E-state index in [9.17, 15) is 5.11 Å². The number of hydrogen-bond acceptors (Lipinski definition) is 3. The van der Waals surface area contributed by atoms with Crippen LogP contribution in [-0.4, -0.2) is 23.9 Å². The van der Waals surface area contributed by atoms with Crippen molar-refractivity contribution in [2.45, 2.75) is 53.1 Å². The van der Waals surface area contributed by atoms with Crippen LogP contribution in [0.3, 0.4) is 0 Å². The number of benzene rings is 1. The summed E-state index contributed by atoms with van der Waals surface area (Å²) >= 11 is 0. The minimum absolute atomic E-state index is 0.457. The van der Waals surface area contributed by atoms with Crippen LogP contribution in [0.2, 0.25) is 0 Å². The highest BCUT2D eigenvalue weighted by Crippen LogP contribution is 2.29. The first-order chi connectivity index (χ1) is 10.3. The molecular weight excluding hydrogens is 276 g/mol. The second-order valence-electron chi connectivity index (χ2n) is 6.38. The molecule has 1 aromatic carbocycles. The summed E-state index contributed by atoms with van der Waals surface area (Å²) in [6.07, 6.45) is 2.09. The standard InChI is InChI=1S/C19H28O3/c1-6-7-12-21-18-13-16(10-11-19(4,5)20)8-9-17(18)22-14-15(2)3/h8-9,13,15,20H,6-7,12,14H2,1-5H3. The van der Waals surface area contributed by atoms with Gasteiger partial charge in [0.2, 0.25) is 0 Å². The van der Waals surface area contributed by atoms with E-state index in [0.717, 1.165) is 29.9 Å². The van der Waals surface area contributed by atoms with E-state index in [4.69, 9.17) is 9.47 Å². The van der Waals surface area contributed by atoms with Gasteiger partial charge in [0.1, 0.15) is 5.60 Å². The van der Waals surface area contributed by atoms with Gasteiger partial charge in [0.15, 0.2) is 11.5 Å². The zero-order valence-electron chi connectivity index (χ0n) is 14.4. The van der Waals surface area contributed by atoms with E-state index < -0.39 is 5.60 Å². The second-order valence-corrected chi connectivity index (χ2v) is 6.38. The number of rotatable bonds is 7. The van der Waals surface area contributed by atoms with E-state index >= 15 is 0 Å². The Morgan fingerprint density at radius 1 is 1.18 bits per heavy atom. The van der Waals surface area contributed by atoms with Crippen LogP contribution in [0.5, 0.6) is 11.5 Å². The number of unbranched alkanes of at least 4 members (excludes halogenated alkanes) is 1. The highest BCUT2D eigenvalue weighted by molar-refractivity contribution is 5.48. The Kier molecular flexibility index (Phi) is 7.27. The summed E-state index contributed by atoms with van der Waals surface area (Å²) in [5.41, 5.74) is -0.193. The maximum Gasteiger partial charge on any atom is 0.162 e. The SMILES string of the molecule is CCCCOc1cc(C#CC(C)(C)O)ccc1OCC(C)C. The van der Waals surface area contributed by atoms with Gasteiger partial charge in [-0.3, -0.25) is 0 Å². The molecule has 0 heterocycles. The monoisotopic (exact) mass is 304 g/mol. The summed E-state index contributed by atoms with van der Waals surface area (Å²) in [5, 5.41) is 9.69. The van der Waals surface area contributed by atoms with Gasteiger partial charge in [-0.15, -0.1) is 0 Å². The van der Waals surface area contributed by atoms with Gasteiger partial charge in [-0.1, -0.05) is 39.0 Å². The van der Waals surface area contributed by atoms with Crippen LogP contribution in [0.15, 0.2) is 18.2 Å². The molecule has 1 N–H and O–H groups in total. The quantitative estimate of drug-likeness (QED) is 0.611. The van der Waals surface area contributed by atoms with Crippen molar-refractivity contribution in [3.8, 4) is 23.3 Å². The van der Waals surface area contributed by atoms with Gasteiger partial charge < -0.3 is 14.6 Å². The van der Waals surface area contributed by atoms with Crippen molar-refractivity contribution in [1.82, 2.24) is 0 Å². The Hall–Kier alpha value is -1.66. The third kappa shape index (κ3) is 7.38. The maximum atomic E-state index is 9.69. The predicted molar refractivity (Wildman–Crippen MR) is 90.4 cm³/mol. The van der Waals surface area contributed by atoms with Crippen molar-refractivity contribution in [2.75, 3.05) is 13.2 Å². The lowest BCUT2D eigenvalue weighted by Gasteiger charge is -2.14. The second kappa shape index (κ2) is 8.70. The zero-order chi connectivity index (χ0) is 16.6. The van der Waals surface area contributed by atoms with Gasteiger partial charge in [0.05, 0.1) is 13.2 Å². The van der Waals surface area contributed by atoms with Crippen molar-refractivity contribution in [2.24, 2.45) is 5.92 Å². The number of aliphatic hydroxyl groups is 1. The number of hydrogen-bond donors (Lipinski definition) is 1. The van der Waals surface area contributed by atoms with Gasteiger partial charge >= 0.3 is 0 Å². The van der Waals surface area contributed by atoms with E-state index in [2.05, 4.69) is 32.6 Å². The lowest BCUT2D eigenvalue weighted by Crippen LogP contribution is -2.14. The van der Waals surface area contributed by atoms with Crippen molar-refractivity contribution in [1.29, 1.82) is 0 Å². The first-order valence-corrected chi connectivity index (χ1v) is 7.97. The molecular formula is C19H28O3. The molecule has 0 aliphatic carbocycles. The van der Waals surface area contributed by atoms with Crippen molar-refractivity contribution in [3.05, 3.63) is 23.8 Å². The molecule has 3 heteroatoms. The Bertz CT molecular complexity index is 516. The molecule has 0 aromatic heterocycles. The summed E-state index contributed by atoms with van der Waals surface area (Å²) < 4.78 is 11.6. The summed E-state index contributed by atoms with van der Waals surface area (Å²) in [6, 6.07) is 5.66. The first-order valence-electron chi connectivity index (χ1n) is 7.97. The van der Waals surface area contributed by atoms with E-state index in [0.29, 0.717) is 19.1 Å². The third-order valence-corrected chi connectivity index (χ3v) is 2.78. The van der Waals surface area contributed by atoms with Crippen molar-refractivity contribution < 1.29 is 14.6 Å². The zero-order valence-corrected chi connectivity index (χ0v) is 14.4. The average molecular weight is 304 g/mol. The van der Waals surface area contributed by atoms with Crippen LogP contribution in [0.1, 0.15) is 53.0 Å². The van der Waals surface area contributed by atoms with Crippen molar-refractivity contribution >= 4 is 0 Å². The molecule has 1 aromatic rings. The molecule has 0 atom stereocenters. The van der Waals surface area contributed by atoms with E-state index in [-0.39, 0.29) is 0 Å². The summed E-state index contributed by atoms with van der Waals surface area (Å²) in [6.45, 7) is 11.0. The Labute approximate surface area is 134 Å². The molecule has 122 valence electrons. The molecule has 0 saturated carbocycles. The minimum atomic E-state index is -1.00. The smallest absolute Gasteiger partial charge is 0.162 e. The molecule has 3 nitrogen and oxygen atoms in total. The Morgan fingerprint density at radius 3 is 2.50 bits per heavy atom. The fourth-order valence-corrected chi connectivity index (χ4v) is 1.63. The third-order valence-electron chi connectivity index (χ3n) is 2.78. The lowest BCUT2D eigenvalue weighted by molar-refractivity contribution is 0.143. The first kappa shape index (κ1) is 18.4. The molecule has 0 aliphatic heterocycles. The maximum absolute atomic E-state index is 9.69. The highest BCUT2D eigenvalue weighted by Gasteiger charge is 2.09. The van der Waals surface area contributed by atoms with Crippen LogP contribution in [0.4, 0.5) is 0 Å². The van der Waals surface area contributed by atoms with E-state index in [1.54, 1.807) is 13.8 Å². The Balaban J connectivity index is 2.93. The highest BCUT2D eigenvalue weighted by atomic mass is 16.5. The van der Waals surface area contributed by atoms with Crippen LogP contribution in [0, 0.1) is 17.8 Å². The van der Waals surface area contributed by atoms with Gasteiger partial charge in [0, 0.05) is 5.56 Å². The molecule has 0 aliphatic rings. The van der Waals surface area contributed by atoms with Crippen LogP contribution in [-0.2, 0) is 0 Å². The summed E-state index contributed by atoms with van der Waals surface area (Å²) in [4.78, 5) is 0. The molecule has 0 radical (unpaired) electrons. The fraction of sp³-hybridized carbons (Fsp3) is 0.579. The average Bonchev–Trinajstić information content (AvgIpc) is 2.43. The molecule has 22 heavy (non-hydrogen) atoms. The van der Waals surface area contributed by atoms with Gasteiger partial charge in [0.25, 0.3) is 0 Å². The normalized spacial score (nSPS) is 11.0. The molecule has 1 rings (SSSR count). The van der Waals surface area contributed by atoms with E-state index in [1.807, 2.05) is 18.2 Å². The lowest BCUT2D eigenvalue weighted by atomic mass is 10.1. The van der Waals surface area contributed by atoms with Crippen LogP contribution < -0.4 is 9.47 Å². The Morgan fingerprint density at radius 2 is 1.91 bits per heavy atom. The van der Waals surface area contributed by atoms with Crippen LogP contribution >= 0.6 is 0 Å². The largest absolute Gasteiger partial charge is 0.490 e. The summed E-state index contributed by atoms with van der Waals surface area (Å²) in [5.74, 6) is 7.71.